The van der Waals surface area contributed by atoms with Gasteiger partial charge in [0.1, 0.15) is 5.82 Å². The van der Waals surface area contributed by atoms with Gasteiger partial charge in [-0.1, -0.05) is 39.0 Å². The molecule has 0 aliphatic heterocycles. The third-order valence-electron chi connectivity index (χ3n) is 4.27. The van der Waals surface area contributed by atoms with Crippen LogP contribution in [0.15, 0.2) is 53.7 Å². The first kappa shape index (κ1) is 19.2. The molecular formula is C21H24N4OS. The summed E-state index contributed by atoms with van der Waals surface area (Å²) in [6.45, 7) is 8.36. The molecule has 0 fully saturated rings. The zero-order valence-electron chi connectivity index (χ0n) is 16.3. The number of thioether (sulfide) groups is 1. The third kappa shape index (κ3) is 4.06. The molecule has 3 aromatic rings. The Labute approximate surface area is 164 Å². The number of benzene rings is 1. The molecule has 2 aromatic heterocycles. The van der Waals surface area contributed by atoms with Gasteiger partial charge in [0.25, 0.3) is 5.91 Å². The molecule has 3 rings (SSSR count). The normalized spacial score (nSPS) is 11.4. The van der Waals surface area contributed by atoms with E-state index in [1.165, 1.54) is 0 Å². The van der Waals surface area contributed by atoms with Gasteiger partial charge in [0.15, 0.2) is 0 Å². The molecule has 0 aliphatic carbocycles. The van der Waals surface area contributed by atoms with E-state index in [0.29, 0.717) is 11.4 Å². The Morgan fingerprint density at radius 2 is 1.81 bits per heavy atom. The number of para-hydroxylation sites is 1. The summed E-state index contributed by atoms with van der Waals surface area (Å²) < 4.78 is 1.80. The summed E-state index contributed by atoms with van der Waals surface area (Å²) in [6, 6.07) is 13.5. The highest BCUT2D eigenvalue weighted by Crippen LogP contribution is 2.31. The molecule has 0 spiro atoms. The molecule has 140 valence electrons. The summed E-state index contributed by atoms with van der Waals surface area (Å²) >= 11 is 1.54. The number of rotatable bonds is 4. The largest absolute Gasteiger partial charge is 0.306 e. The molecule has 1 N–H and O–H groups in total. The quantitative estimate of drug-likeness (QED) is 0.658. The maximum atomic E-state index is 12.8. The Bertz CT molecular complexity index is 941. The van der Waals surface area contributed by atoms with E-state index in [-0.39, 0.29) is 11.3 Å². The van der Waals surface area contributed by atoms with Crippen LogP contribution >= 0.6 is 11.8 Å². The van der Waals surface area contributed by atoms with Crippen molar-refractivity contribution in [2.75, 3.05) is 11.6 Å². The first-order chi connectivity index (χ1) is 12.8. The second-order valence-electron chi connectivity index (χ2n) is 7.36. The molecule has 0 unspecified atom stereocenters. The van der Waals surface area contributed by atoms with Crippen molar-refractivity contribution in [3.63, 3.8) is 0 Å². The van der Waals surface area contributed by atoms with Crippen molar-refractivity contribution in [2.45, 2.75) is 38.1 Å². The van der Waals surface area contributed by atoms with Crippen LogP contribution in [0.25, 0.3) is 5.69 Å². The zero-order chi connectivity index (χ0) is 19.6. The summed E-state index contributed by atoms with van der Waals surface area (Å²) in [6.07, 6.45) is 3.56. The molecule has 1 amide bonds. The fourth-order valence-corrected chi connectivity index (χ4v) is 3.29. The van der Waals surface area contributed by atoms with Crippen LogP contribution in [0.1, 0.15) is 42.4 Å². The Morgan fingerprint density at radius 3 is 2.37 bits per heavy atom. The van der Waals surface area contributed by atoms with E-state index in [1.807, 2.05) is 49.6 Å². The molecule has 0 aliphatic rings. The predicted molar refractivity (Wildman–Crippen MR) is 111 cm³/mol. The number of carbonyl (C=O) groups is 1. The monoisotopic (exact) mass is 380 g/mol. The number of aromatic nitrogens is 3. The topological polar surface area (TPSA) is 59.8 Å². The third-order valence-corrected chi connectivity index (χ3v) is 4.93. The predicted octanol–water partition coefficient (Wildman–Crippen LogP) is 4.85. The van der Waals surface area contributed by atoms with Crippen molar-refractivity contribution >= 4 is 23.5 Å². The van der Waals surface area contributed by atoms with Crippen molar-refractivity contribution in [3.8, 4) is 5.69 Å². The van der Waals surface area contributed by atoms with E-state index in [2.05, 4.69) is 31.1 Å². The Kier molecular flexibility index (Phi) is 5.37. The van der Waals surface area contributed by atoms with Crippen molar-refractivity contribution in [1.29, 1.82) is 0 Å². The molecule has 0 saturated heterocycles. The lowest BCUT2D eigenvalue weighted by Crippen LogP contribution is -2.16. The minimum Gasteiger partial charge on any atom is -0.306 e. The highest BCUT2D eigenvalue weighted by Gasteiger charge is 2.26. The van der Waals surface area contributed by atoms with Gasteiger partial charge in [0.2, 0.25) is 0 Å². The SMILES string of the molecule is CSc1ccc(C(=O)Nc2c(C)c(C(C)(C)C)nn2-c2ccccc2)cn1. The number of nitrogens with zero attached hydrogens (tertiary/aromatic N) is 3. The lowest BCUT2D eigenvalue weighted by atomic mass is 9.90. The standard InChI is InChI=1S/C21H24N4OS/c1-14-18(21(2,3)4)24-25(16-9-7-6-8-10-16)19(14)23-20(26)15-11-12-17(27-5)22-13-15/h6-13H,1-5H3,(H,23,26). The average Bonchev–Trinajstić information content (AvgIpc) is 2.99. The van der Waals surface area contributed by atoms with Crippen molar-refractivity contribution in [3.05, 3.63) is 65.5 Å². The summed E-state index contributed by atoms with van der Waals surface area (Å²) in [5.74, 6) is 0.487. The average molecular weight is 381 g/mol. The lowest BCUT2D eigenvalue weighted by Gasteiger charge is -2.16. The van der Waals surface area contributed by atoms with E-state index in [4.69, 9.17) is 5.10 Å². The van der Waals surface area contributed by atoms with Gasteiger partial charge in [-0.05, 0) is 37.4 Å². The van der Waals surface area contributed by atoms with Gasteiger partial charge in [-0.15, -0.1) is 11.8 Å². The summed E-state index contributed by atoms with van der Waals surface area (Å²) in [5.41, 5.74) is 3.21. The number of hydrogen-bond acceptors (Lipinski definition) is 4. The van der Waals surface area contributed by atoms with Crippen molar-refractivity contribution < 1.29 is 4.79 Å². The molecule has 0 saturated carbocycles. The molecule has 5 nitrogen and oxygen atoms in total. The van der Waals surface area contributed by atoms with E-state index >= 15 is 0 Å². The second kappa shape index (κ2) is 7.56. The minimum absolute atomic E-state index is 0.134. The number of carbonyl (C=O) groups excluding carboxylic acids is 1. The molecule has 0 radical (unpaired) electrons. The first-order valence-electron chi connectivity index (χ1n) is 8.78. The number of pyridine rings is 1. The number of hydrogen-bond donors (Lipinski definition) is 1. The molecule has 2 heterocycles. The van der Waals surface area contributed by atoms with Crippen molar-refractivity contribution in [2.24, 2.45) is 0 Å². The minimum atomic E-state index is -0.198. The summed E-state index contributed by atoms with van der Waals surface area (Å²) in [4.78, 5) is 17.1. The van der Waals surface area contributed by atoms with Crippen LogP contribution in [-0.2, 0) is 5.41 Å². The molecule has 0 bridgehead atoms. The number of nitrogens with one attached hydrogen (secondary N) is 1. The molecular weight excluding hydrogens is 356 g/mol. The Hall–Kier alpha value is -2.60. The number of anilines is 1. The summed E-state index contributed by atoms with van der Waals surface area (Å²) in [7, 11) is 0. The number of amides is 1. The van der Waals surface area contributed by atoms with Crippen LogP contribution in [0.5, 0.6) is 0 Å². The molecule has 0 atom stereocenters. The van der Waals surface area contributed by atoms with Crippen LogP contribution in [-0.4, -0.2) is 26.9 Å². The van der Waals surface area contributed by atoms with Gasteiger partial charge < -0.3 is 5.32 Å². The van der Waals surface area contributed by atoms with E-state index in [9.17, 15) is 4.79 Å². The summed E-state index contributed by atoms with van der Waals surface area (Å²) in [5, 5.41) is 8.73. The van der Waals surface area contributed by atoms with Crippen LogP contribution in [0, 0.1) is 6.92 Å². The second-order valence-corrected chi connectivity index (χ2v) is 8.19. The maximum absolute atomic E-state index is 12.8. The van der Waals surface area contributed by atoms with E-state index in [0.717, 1.165) is 22.0 Å². The van der Waals surface area contributed by atoms with Crippen LogP contribution in [0.3, 0.4) is 0 Å². The van der Waals surface area contributed by atoms with Gasteiger partial charge >= 0.3 is 0 Å². The van der Waals surface area contributed by atoms with Crippen LogP contribution < -0.4 is 5.32 Å². The Balaban J connectivity index is 2.02. The zero-order valence-corrected chi connectivity index (χ0v) is 17.1. The van der Waals surface area contributed by atoms with E-state index in [1.54, 1.807) is 28.7 Å². The van der Waals surface area contributed by atoms with Gasteiger partial charge in [-0.2, -0.15) is 5.10 Å². The van der Waals surface area contributed by atoms with Gasteiger partial charge in [0.05, 0.1) is 22.0 Å². The highest BCUT2D eigenvalue weighted by atomic mass is 32.2. The fourth-order valence-electron chi connectivity index (χ4n) is 2.93. The van der Waals surface area contributed by atoms with Crippen LogP contribution in [0.4, 0.5) is 5.82 Å². The van der Waals surface area contributed by atoms with Gasteiger partial charge in [0, 0.05) is 17.2 Å². The lowest BCUT2D eigenvalue weighted by molar-refractivity contribution is 0.102. The molecule has 6 heteroatoms. The highest BCUT2D eigenvalue weighted by molar-refractivity contribution is 7.98. The molecule has 27 heavy (non-hydrogen) atoms. The van der Waals surface area contributed by atoms with Crippen LogP contribution in [0.2, 0.25) is 0 Å². The van der Waals surface area contributed by atoms with E-state index < -0.39 is 0 Å². The smallest absolute Gasteiger partial charge is 0.258 e. The fraction of sp³-hybridized carbons (Fsp3) is 0.286. The first-order valence-corrected chi connectivity index (χ1v) is 10.0. The van der Waals surface area contributed by atoms with Gasteiger partial charge in [-0.3, -0.25) is 4.79 Å². The molecule has 1 aromatic carbocycles. The Morgan fingerprint density at radius 1 is 1.11 bits per heavy atom. The van der Waals surface area contributed by atoms with Gasteiger partial charge in [-0.25, -0.2) is 9.67 Å². The maximum Gasteiger partial charge on any atom is 0.258 e. The van der Waals surface area contributed by atoms with Crippen molar-refractivity contribution in [1.82, 2.24) is 14.8 Å².